The molecule has 0 aliphatic heterocycles. The van der Waals surface area contributed by atoms with Crippen molar-refractivity contribution in [1.29, 1.82) is 0 Å². The predicted molar refractivity (Wildman–Crippen MR) is 85.0 cm³/mol. The topological polar surface area (TPSA) is 21.3 Å². The number of ether oxygens (including phenoxy) is 1. The first-order valence-corrected chi connectivity index (χ1v) is 7.47. The zero-order valence-electron chi connectivity index (χ0n) is 12.7. The molecule has 0 atom stereocenters. The molecule has 0 radical (unpaired) electrons. The summed E-state index contributed by atoms with van der Waals surface area (Å²) in [6, 6.07) is 12.8. The standard InChI is InChI=1S/C18H22FNO/c1-3-10-20-13-15-8-9-16(19)12-18(15)14-6-5-7-17(11-14)21-4-2/h5-9,11-12,20H,3-4,10,13H2,1-2H3. The molecule has 3 heteroatoms. The van der Waals surface area contributed by atoms with Crippen LogP contribution in [0.1, 0.15) is 25.8 Å². The molecule has 0 heterocycles. The van der Waals surface area contributed by atoms with Crippen molar-refractivity contribution in [1.82, 2.24) is 5.32 Å². The minimum absolute atomic E-state index is 0.217. The maximum atomic E-state index is 13.6. The summed E-state index contributed by atoms with van der Waals surface area (Å²) in [4.78, 5) is 0. The lowest BCUT2D eigenvalue weighted by Gasteiger charge is -2.12. The van der Waals surface area contributed by atoms with E-state index >= 15 is 0 Å². The van der Waals surface area contributed by atoms with Gasteiger partial charge < -0.3 is 10.1 Å². The van der Waals surface area contributed by atoms with Gasteiger partial charge >= 0.3 is 0 Å². The molecule has 0 aliphatic rings. The van der Waals surface area contributed by atoms with Crippen LogP contribution < -0.4 is 10.1 Å². The summed E-state index contributed by atoms with van der Waals surface area (Å²) in [7, 11) is 0. The molecule has 2 aromatic carbocycles. The maximum absolute atomic E-state index is 13.6. The molecular weight excluding hydrogens is 265 g/mol. The van der Waals surface area contributed by atoms with Crippen LogP contribution in [0, 0.1) is 5.82 Å². The lowest BCUT2D eigenvalue weighted by Crippen LogP contribution is -2.14. The summed E-state index contributed by atoms with van der Waals surface area (Å²) in [5, 5.41) is 3.37. The molecule has 0 saturated heterocycles. The van der Waals surface area contributed by atoms with Gasteiger partial charge in [0.1, 0.15) is 11.6 Å². The van der Waals surface area contributed by atoms with Crippen molar-refractivity contribution in [2.45, 2.75) is 26.8 Å². The Balaban J connectivity index is 2.32. The Morgan fingerprint density at radius 3 is 2.71 bits per heavy atom. The molecule has 0 spiro atoms. The van der Waals surface area contributed by atoms with Gasteiger partial charge in [-0.1, -0.05) is 25.1 Å². The summed E-state index contributed by atoms with van der Waals surface area (Å²) in [6.45, 7) is 6.40. The molecule has 0 saturated carbocycles. The lowest BCUT2D eigenvalue weighted by atomic mass is 9.99. The van der Waals surface area contributed by atoms with Crippen LogP contribution in [0.25, 0.3) is 11.1 Å². The summed E-state index contributed by atoms with van der Waals surface area (Å²) in [5.41, 5.74) is 2.99. The van der Waals surface area contributed by atoms with Crippen molar-refractivity contribution in [2.75, 3.05) is 13.2 Å². The Morgan fingerprint density at radius 1 is 1.10 bits per heavy atom. The quantitative estimate of drug-likeness (QED) is 0.763. The monoisotopic (exact) mass is 287 g/mol. The summed E-state index contributed by atoms with van der Waals surface area (Å²) in [5.74, 6) is 0.595. The number of halogens is 1. The van der Waals surface area contributed by atoms with Gasteiger partial charge in [0.25, 0.3) is 0 Å². The van der Waals surface area contributed by atoms with Gasteiger partial charge in [0.2, 0.25) is 0 Å². The highest BCUT2D eigenvalue weighted by molar-refractivity contribution is 5.68. The number of hydrogen-bond donors (Lipinski definition) is 1. The van der Waals surface area contributed by atoms with Gasteiger partial charge in [0, 0.05) is 6.54 Å². The molecule has 21 heavy (non-hydrogen) atoms. The Labute approximate surface area is 126 Å². The molecule has 2 aromatic rings. The van der Waals surface area contributed by atoms with Crippen LogP contribution in [-0.2, 0) is 6.54 Å². The fraction of sp³-hybridized carbons (Fsp3) is 0.333. The van der Waals surface area contributed by atoms with Crippen molar-refractivity contribution >= 4 is 0 Å². The van der Waals surface area contributed by atoms with E-state index in [9.17, 15) is 4.39 Å². The number of hydrogen-bond acceptors (Lipinski definition) is 2. The largest absolute Gasteiger partial charge is 0.494 e. The molecule has 2 rings (SSSR count). The summed E-state index contributed by atoms with van der Waals surface area (Å²) in [6.07, 6.45) is 1.08. The first-order valence-electron chi connectivity index (χ1n) is 7.47. The van der Waals surface area contributed by atoms with Crippen molar-refractivity contribution in [3.05, 3.63) is 53.8 Å². The van der Waals surface area contributed by atoms with Gasteiger partial charge in [-0.05, 0) is 60.8 Å². The van der Waals surface area contributed by atoms with Crippen LogP contribution in [0.15, 0.2) is 42.5 Å². The first-order chi connectivity index (χ1) is 10.2. The molecular formula is C18H22FNO. The van der Waals surface area contributed by atoms with Gasteiger partial charge in [-0.15, -0.1) is 0 Å². The van der Waals surface area contributed by atoms with Crippen LogP contribution in [-0.4, -0.2) is 13.2 Å². The first kappa shape index (κ1) is 15.5. The van der Waals surface area contributed by atoms with Crippen molar-refractivity contribution in [3.63, 3.8) is 0 Å². The smallest absolute Gasteiger partial charge is 0.123 e. The minimum atomic E-state index is -0.217. The second-order valence-corrected chi connectivity index (χ2v) is 4.94. The van der Waals surface area contributed by atoms with E-state index < -0.39 is 0 Å². The predicted octanol–water partition coefficient (Wildman–Crippen LogP) is 4.39. The third kappa shape index (κ3) is 4.30. The van der Waals surface area contributed by atoms with Crippen molar-refractivity contribution in [2.24, 2.45) is 0 Å². The minimum Gasteiger partial charge on any atom is -0.494 e. The number of rotatable bonds is 7. The molecule has 0 aromatic heterocycles. The molecule has 0 amide bonds. The second kappa shape index (κ2) is 7.79. The molecule has 0 fully saturated rings. The molecule has 1 N–H and O–H groups in total. The molecule has 2 nitrogen and oxygen atoms in total. The van der Waals surface area contributed by atoms with Crippen LogP contribution in [0.5, 0.6) is 5.75 Å². The van der Waals surface area contributed by atoms with Crippen LogP contribution in [0.4, 0.5) is 4.39 Å². The van der Waals surface area contributed by atoms with E-state index in [-0.39, 0.29) is 5.82 Å². The third-order valence-electron chi connectivity index (χ3n) is 3.27. The average Bonchev–Trinajstić information content (AvgIpc) is 2.49. The lowest BCUT2D eigenvalue weighted by molar-refractivity contribution is 0.340. The van der Waals surface area contributed by atoms with Crippen molar-refractivity contribution in [3.8, 4) is 16.9 Å². The van der Waals surface area contributed by atoms with Gasteiger partial charge in [-0.25, -0.2) is 4.39 Å². The fourth-order valence-electron chi connectivity index (χ4n) is 2.29. The Morgan fingerprint density at radius 2 is 1.95 bits per heavy atom. The molecule has 0 aliphatic carbocycles. The molecule has 0 unspecified atom stereocenters. The van der Waals surface area contributed by atoms with Crippen LogP contribution in [0.2, 0.25) is 0 Å². The molecule has 112 valence electrons. The third-order valence-corrected chi connectivity index (χ3v) is 3.27. The summed E-state index contributed by atoms with van der Waals surface area (Å²) < 4.78 is 19.1. The number of benzene rings is 2. The molecule has 0 bridgehead atoms. The average molecular weight is 287 g/mol. The van der Waals surface area contributed by atoms with E-state index in [1.807, 2.05) is 37.3 Å². The van der Waals surface area contributed by atoms with E-state index in [0.717, 1.165) is 42.0 Å². The number of nitrogens with one attached hydrogen (secondary N) is 1. The highest BCUT2D eigenvalue weighted by Crippen LogP contribution is 2.28. The fourth-order valence-corrected chi connectivity index (χ4v) is 2.29. The second-order valence-electron chi connectivity index (χ2n) is 4.94. The van der Waals surface area contributed by atoms with E-state index in [1.165, 1.54) is 6.07 Å². The van der Waals surface area contributed by atoms with Gasteiger partial charge in [-0.2, -0.15) is 0 Å². The van der Waals surface area contributed by atoms with E-state index in [4.69, 9.17) is 4.74 Å². The highest BCUT2D eigenvalue weighted by atomic mass is 19.1. The SMILES string of the molecule is CCCNCc1ccc(F)cc1-c1cccc(OCC)c1. The Kier molecular flexibility index (Phi) is 5.76. The maximum Gasteiger partial charge on any atom is 0.123 e. The Bertz CT molecular complexity index is 583. The highest BCUT2D eigenvalue weighted by Gasteiger charge is 2.08. The summed E-state index contributed by atoms with van der Waals surface area (Å²) >= 11 is 0. The zero-order valence-corrected chi connectivity index (χ0v) is 12.7. The van der Waals surface area contributed by atoms with Crippen molar-refractivity contribution < 1.29 is 9.13 Å². The van der Waals surface area contributed by atoms with Gasteiger partial charge in [-0.3, -0.25) is 0 Å². The van der Waals surface area contributed by atoms with E-state index in [1.54, 1.807) is 6.07 Å². The van der Waals surface area contributed by atoms with Gasteiger partial charge in [0.05, 0.1) is 6.61 Å². The van der Waals surface area contributed by atoms with E-state index in [0.29, 0.717) is 6.61 Å². The zero-order chi connectivity index (χ0) is 15.1. The Hall–Kier alpha value is -1.87. The van der Waals surface area contributed by atoms with Crippen LogP contribution >= 0.6 is 0 Å². The van der Waals surface area contributed by atoms with E-state index in [2.05, 4.69) is 12.2 Å². The van der Waals surface area contributed by atoms with Crippen LogP contribution in [0.3, 0.4) is 0 Å². The van der Waals surface area contributed by atoms with Gasteiger partial charge in [0.15, 0.2) is 0 Å². The normalized spacial score (nSPS) is 10.6.